The van der Waals surface area contributed by atoms with Gasteiger partial charge in [0.2, 0.25) is 0 Å². The molecule has 1 aliphatic heterocycles. The molecule has 1 saturated heterocycles. The molecule has 0 aromatic carbocycles. The molecule has 2 heteroatoms. The summed E-state index contributed by atoms with van der Waals surface area (Å²) in [6.45, 7) is 14.8. The van der Waals surface area contributed by atoms with Crippen molar-refractivity contribution in [1.82, 2.24) is 9.80 Å². The van der Waals surface area contributed by atoms with Crippen LogP contribution in [0.3, 0.4) is 0 Å². The van der Waals surface area contributed by atoms with Crippen molar-refractivity contribution in [2.75, 3.05) is 26.2 Å². The standard InChI is InChI=1S/C20H40N2/c1-5-13-22(17(3)4)20-11-14-21(15-12-20)16-19-9-7-18(6-2)8-10-19/h17-20H,5-16H2,1-4H3. The molecule has 2 fully saturated rings. The fourth-order valence-corrected chi connectivity index (χ4v) is 4.74. The van der Waals surface area contributed by atoms with Crippen LogP contribution in [0.15, 0.2) is 0 Å². The van der Waals surface area contributed by atoms with Crippen molar-refractivity contribution in [2.24, 2.45) is 11.8 Å². The highest BCUT2D eigenvalue weighted by atomic mass is 15.2. The van der Waals surface area contributed by atoms with Gasteiger partial charge in [-0.2, -0.15) is 0 Å². The Hall–Kier alpha value is -0.0800. The van der Waals surface area contributed by atoms with E-state index >= 15 is 0 Å². The van der Waals surface area contributed by atoms with E-state index in [0.717, 1.165) is 17.9 Å². The number of piperidine rings is 1. The first-order valence-electron chi connectivity index (χ1n) is 10.1. The minimum atomic E-state index is 0.709. The third-order valence-corrected chi connectivity index (χ3v) is 6.23. The zero-order valence-electron chi connectivity index (χ0n) is 15.7. The summed E-state index contributed by atoms with van der Waals surface area (Å²) in [6.07, 6.45) is 11.5. The predicted molar refractivity (Wildman–Crippen MR) is 97.3 cm³/mol. The minimum absolute atomic E-state index is 0.709. The Morgan fingerprint density at radius 2 is 1.50 bits per heavy atom. The number of likely N-dealkylation sites (tertiary alicyclic amines) is 1. The van der Waals surface area contributed by atoms with Crippen molar-refractivity contribution in [1.29, 1.82) is 0 Å². The second-order valence-electron chi connectivity index (χ2n) is 8.16. The molecule has 2 aliphatic rings. The van der Waals surface area contributed by atoms with Crippen LogP contribution in [0, 0.1) is 11.8 Å². The molecule has 0 aromatic rings. The SMILES string of the molecule is CCCN(C(C)C)C1CCN(CC2CCC(CC)CC2)CC1. The molecule has 0 atom stereocenters. The maximum Gasteiger partial charge on any atom is 0.0122 e. The Labute approximate surface area is 139 Å². The predicted octanol–water partition coefficient (Wildman–Crippen LogP) is 4.79. The first kappa shape index (κ1) is 18.3. The van der Waals surface area contributed by atoms with Gasteiger partial charge in [-0.15, -0.1) is 0 Å². The van der Waals surface area contributed by atoms with E-state index in [0.29, 0.717) is 6.04 Å². The van der Waals surface area contributed by atoms with Crippen LogP contribution < -0.4 is 0 Å². The van der Waals surface area contributed by atoms with Gasteiger partial charge < -0.3 is 4.90 Å². The molecule has 1 saturated carbocycles. The van der Waals surface area contributed by atoms with Crippen LogP contribution >= 0.6 is 0 Å². The van der Waals surface area contributed by atoms with Crippen molar-refractivity contribution in [3.63, 3.8) is 0 Å². The smallest absolute Gasteiger partial charge is 0.0122 e. The second kappa shape index (κ2) is 9.27. The average molecular weight is 309 g/mol. The fourth-order valence-electron chi connectivity index (χ4n) is 4.74. The number of rotatable bonds is 7. The Kier molecular flexibility index (Phi) is 7.70. The molecule has 22 heavy (non-hydrogen) atoms. The van der Waals surface area contributed by atoms with Gasteiger partial charge in [0.05, 0.1) is 0 Å². The van der Waals surface area contributed by atoms with Gasteiger partial charge in [-0.05, 0) is 77.4 Å². The topological polar surface area (TPSA) is 6.48 Å². The fraction of sp³-hybridized carbons (Fsp3) is 1.00. The van der Waals surface area contributed by atoms with Gasteiger partial charge in [0, 0.05) is 18.6 Å². The summed E-state index contributed by atoms with van der Waals surface area (Å²) in [7, 11) is 0. The molecular formula is C20H40N2. The number of hydrogen-bond acceptors (Lipinski definition) is 2. The molecule has 0 radical (unpaired) electrons. The lowest BCUT2D eigenvalue weighted by atomic mass is 9.80. The molecule has 2 rings (SSSR count). The van der Waals surface area contributed by atoms with Crippen molar-refractivity contribution in [3.05, 3.63) is 0 Å². The minimum Gasteiger partial charge on any atom is -0.303 e. The zero-order chi connectivity index (χ0) is 15.9. The first-order chi connectivity index (χ1) is 10.6. The lowest BCUT2D eigenvalue weighted by Crippen LogP contribution is -2.48. The summed E-state index contributed by atoms with van der Waals surface area (Å²) in [5, 5.41) is 0. The highest BCUT2D eigenvalue weighted by molar-refractivity contribution is 4.83. The number of nitrogens with zero attached hydrogens (tertiary/aromatic N) is 2. The summed E-state index contributed by atoms with van der Waals surface area (Å²) in [5.41, 5.74) is 0. The van der Waals surface area contributed by atoms with Gasteiger partial charge in [-0.1, -0.05) is 33.1 Å². The van der Waals surface area contributed by atoms with Crippen molar-refractivity contribution in [2.45, 2.75) is 91.1 Å². The summed E-state index contributed by atoms with van der Waals surface area (Å²) in [6, 6.07) is 1.55. The van der Waals surface area contributed by atoms with E-state index < -0.39 is 0 Å². The Balaban J connectivity index is 1.71. The van der Waals surface area contributed by atoms with Gasteiger partial charge in [0.15, 0.2) is 0 Å². The highest BCUT2D eigenvalue weighted by Gasteiger charge is 2.28. The molecule has 0 amide bonds. The van der Waals surface area contributed by atoms with Gasteiger partial charge in [-0.3, -0.25) is 4.90 Å². The quantitative estimate of drug-likeness (QED) is 0.667. The van der Waals surface area contributed by atoms with E-state index in [-0.39, 0.29) is 0 Å². The summed E-state index contributed by atoms with van der Waals surface area (Å²) >= 11 is 0. The molecule has 1 aliphatic carbocycles. The molecule has 130 valence electrons. The maximum absolute atomic E-state index is 2.78. The molecule has 1 heterocycles. The van der Waals surface area contributed by atoms with Crippen molar-refractivity contribution < 1.29 is 0 Å². The molecular weight excluding hydrogens is 268 g/mol. The van der Waals surface area contributed by atoms with Gasteiger partial charge in [0.25, 0.3) is 0 Å². The third kappa shape index (κ3) is 5.23. The first-order valence-corrected chi connectivity index (χ1v) is 10.1. The maximum atomic E-state index is 2.78. The Morgan fingerprint density at radius 1 is 0.909 bits per heavy atom. The van der Waals surface area contributed by atoms with Crippen molar-refractivity contribution in [3.8, 4) is 0 Å². The number of hydrogen-bond donors (Lipinski definition) is 0. The van der Waals surface area contributed by atoms with Crippen LogP contribution in [0.5, 0.6) is 0 Å². The summed E-state index contributed by atoms with van der Waals surface area (Å²) in [5.74, 6) is 2.03. The van der Waals surface area contributed by atoms with E-state index in [1.807, 2.05) is 0 Å². The van der Waals surface area contributed by atoms with E-state index in [2.05, 4.69) is 37.5 Å². The van der Waals surface area contributed by atoms with E-state index in [1.165, 1.54) is 77.5 Å². The summed E-state index contributed by atoms with van der Waals surface area (Å²) in [4.78, 5) is 5.53. The van der Waals surface area contributed by atoms with Gasteiger partial charge in [0.1, 0.15) is 0 Å². The molecule has 0 unspecified atom stereocenters. The third-order valence-electron chi connectivity index (χ3n) is 6.23. The van der Waals surface area contributed by atoms with E-state index in [4.69, 9.17) is 0 Å². The molecule has 2 nitrogen and oxygen atoms in total. The zero-order valence-corrected chi connectivity index (χ0v) is 15.7. The van der Waals surface area contributed by atoms with Gasteiger partial charge in [-0.25, -0.2) is 0 Å². The van der Waals surface area contributed by atoms with Crippen LogP contribution in [0.4, 0.5) is 0 Å². The molecule has 0 aromatic heterocycles. The molecule has 0 N–H and O–H groups in total. The Morgan fingerprint density at radius 3 is 2.00 bits per heavy atom. The largest absolute Gasteiger partial charge is 0.303 e. The average Bonchev–Trinajstić information content (AvgIpc) is 2.54. The highest BCUT2D eigenvalue weighted by Crippen LogP contribution is 2.31. The van der Waals surface area contributed by atoms with Crippen LogP contribution in [-0.2, 0) is 0 Å². The van der Waals surface area contributed by atoms with E-state index in [9.17, 15) is 0 Å². The summed E-state index contributed by atoms with van der Waals surface area (Å²) < 4.78 is 0. The lowest BCUT2D eigenvalue weighted by molar-refractivity contribution is 0.0725. The Bertz CT molecular complexity index is 286. The van der Waals surface area contributed by atoms with Crippen LogP contribution in [0.2, 0.25) is 0 Å². The van der Waals surface area contributed by atoms with Crippen LogP contribution in [0.1, 0.15) is 79.1 Å². The van der Waals surface area contributed by atoms with Crippen molar-refractivity contribution >= 4 is 0 Å². The van der Waals surface area contributed by atoms with Gasteiger partial charge >= 0.3 is 0 Å². The molecule has 0 spiro atoms. The molecule has 0 bridgehead atoms. The second-order valence-corrected chi connectivity index (χ2v) is 8.16. The monoisotopic (exact) mass is 308 g/mol. The lowest BCUT2D eigenvalue weighted by Gasteiger charge is -2.42. The van der Waals surface area contributed by atoms with Crippen LogP contribution in [0.25, 0.3) is 0 Å². The van der Waals surface area contributed by atoms with E-state index in [1.54, 1.807) is 0 Å². The van der Waals surface area contributed by atoms with Crippen LogP contribution in [-0.4, -0.2) is 48.1 Å². The normalized spacial score (nSPS) is 28.6.